The van der Waals surface area contributed by atoms with Crippen molar-refractivity contribution in [3.63, 3.8) is 0 Å². The average Bonchev–Trinajstić information content (AvgIpc) is 2.39. The quantitative estimate of drug-likeness (QED) is 0.850. The number of nitrogens with zero attached hydrogens (tertiary/aromatic N) is 1. The van der Waals surface area contributed by atoms with Gasteiger partial charge in [0, 0.05) is 17.0 Å². The van der Waals surface area contributed by atoms with Crippen LogP contribution in [0.15, 0.2) is 4.99 Å². The summed E-state index contributed by atoms with van der Waals surface area (Å²) in [6.45, 7) is 2.26. The van der Waals surface area contributed by atoms with E-state index in [2.05, 4.69) is 18.5 Å². The second-order valence-corrected chi connectivity index (χ2v) is 7.11. The Morgan fingerprint density at radius 2 is 2.18 bits per heavy atom. The number of amidine groups is 1. The van der Waals surface area contributed by atoms with Gasteiger partial charge in [0.25, 0.3) is 0 Å². The fraction of sp³-hybridized carbons (Fsp3) is 0.923. The van der Waals surface area contributed by atoms with Gasteiger partial charge in [0.15, 0.2) is 5.17 Å². The molecule has 1 aliphatic carbocycles. The molecule has 2 fully saturated rings. The van der Waals surface area contributed by atoms with Gasteiger partial charge < -0.3 is 5.32 Å². The molecule has 1 saturated carbocycles. The molecule has 1 heterocycles. The van der Waals surface area contributed by atoms with Crippen molar-refractivity contribution in [1.29, 1.82) is 0 Å². The summed E-state index contributed by atoms with van der Waals surface area (Å²) in [5.41, 5.74) is 0. The van der Waals surface area contributed by atoms with Gasteiger partial charge in [-0.15, -0.1) is 0 Å². The van der Waals surface area contributed by atoms with Crippen molar-refractivity contribution in [1.82, 2.24) is 5.32 Å². The fourth-order valence-electron chi connectivity index (χ4n) is 2.62. The monoisotopic (exact) mass is 272 g/mol. The highest BCUT2D eigenvalue weighted by Crippen LogP contribution is 2.30. The molecule has 0 spiro atoms. The van der Waals surface area contributed by atoms with Crippen LogP contribution in [0.1, 0.15) is 45.4 Å². The van der Waals surface area contributed by atoms with Crippen LogP contribution in [-0.4, -0.2) is 34.5 Å². The second-order valence-electron chi connectivity index (χ2n) is 4.95. The molecule has 2 rings (SSSR count). The first-order valence-electron chi connectivity index (χ1n) is 6.83. The first-order valence-corrected chi connectivity index (χ1v) is 9.10. The molecule has 0 aromatic heterocycles. The van der Waals surface area contributed by atoms with Crippen LogP contribution in [0, 0.1) is 0 Å². The molecular formula is C13H24N2S2. The van der Waals surface area contributed by atoms with E-state index >= 15 is 0 Å². The zero-order valence-electron chi connectivity index (χ0n) is 10.9. The van der Waals surface area contributed by atoms with Crippen LogP contribution >= 0.6 is 23.5 Å². The lowest BCUT2D eigenvalue weighted by molar-refractivity contribution is 0.453. The maximum absolute atomic E-state index is 4.99. The number of rotatable bonds is 3. The summed E-state index contributed by atoms with van der Waals surface area (Å²) in [5, 5.41) is 5.57. The third-order valence-electron chi connectivity index (χ3n) is 3.78. The van der Waals surface area contributed by atoms with Crippen LogP contribution in [0.5, 0.6) is 0 Å². The van der Waals surface area contributed by atoms with Gasteiger partial charge in [0.05, 0.1) is 6.04 Å². The van der Waals surface area contributed by atoms with E-state index in [-0.39, 0.29) is 0 Å². The Morgan fingerprint density at radius 1 is 1.35 bits per heavy atom. The van der Waals surface area contributed by atoms with E-state index in [0.717, 1.165) is 5.25 Å². The summed E-state index contributed by atoms with van der Waals surface area (Å²) < 4.78 is 0. The highest BCUT2D eigenvalue weighted by Gasteiger charge is 2.25. The maximum Gasteiger partial charge on any atom is 0.157 e. The van der Waals surface area contributed by atoms with Gasteiger partial charge in [-0.3, -0.25) is 4.99 Å². The van der Waals surface area contributed by atoms with Crippen molar-refractivity contribution in [2.75, 3.05) is 12.0 Å². The predicted octanol–water partition coefficient (Wildman–Crippen LogP) is 3.52. The van der Waals surface area contributed by atoms with Gasteiger partial charge >= 0.3 is 0 Å². The molecule has 0 radical (unpaired) electrons. The van der Waals surface area contributed by atoms with Gasteiger partial charge in [0.1, 0.15) is 0 Å². The van der Waals surface area contributed by atoms with Crippen molar-refractivity contribution < 1.29 is 0 Å². The molecule has 1 saturated heterocycles. The molecular weight excluding hydrogens is 248 g/mol. The van der Waals surface area contributed by atoms with E-state index in [0.29, 0.717) is 12.1 Å². The normalized spacial score (nSPS) is 36.8. The van der Waals surface area contributed by atoms with E-state index < -0.39 is 0 Å². The Kier molecular flexibility index (Phi) is 5.54. The molecule has 98 valence electrons. The Balaban J connectivity index is 1.96. The lowest BCUT2D eigenvalue weighted by atomic mass is 9.95. The van der Waals surface area contributed by atoms with E-state index in [1.54, 1.807) is 0 Å². The summed E-state index contributed by atoms with van der Waals surface area (Å²) in [4.78, 5) is 4.99. The van der Waals surface area contributed by atoms with Crippen molar-refractivity contribution in [2.45, 2.75) is 62.8 Å². The second kappa shape index (κ2) is 6.93. The minimum atomic E-state index is 0.560. The standard InChI is InChI=1S/C13H24N2S2/c1-3-10-8-9-17-13(14-10)15-11-6-4-5-7-12(11)16-2/h10-12H,3-9H2,1-2H3,(H,14,15). The molecule has 3 atom stereocenters. The largest absolute Gasteiger partial charge is 0.362 e. The zero-order valence-corrected chi connectivity index (χ0v) is 12.6. The summed E-state index contributed by atoms with van der Waals surface area (Å²) in [6, 6.07) is 1.22. The number of thioether (sulfide) groups is 2. The van der Waals surface area contributed by atoms with Crippen molar-refractivity contribution >= 4 is 28.7 Å². The molecule has 2 aliphatic rings. The lowest BCUT2D eigenvalue weighted by Crippen LogP contribution is -2.39. The molecule has 0 bridgehead atoms. The van der Waals surface area contributed by atoms with E-state index in [4.69, 9.17) is 4.99 Å². The van der Waals surface area contributed by atoms with Crippen LogP contribution in [0.2, 0.25) is 0 Å². The maximum atomic E-state index is 4.99. The van der Waals surface area contributed by atoms with Gasteiger partial charge in [-0.2, -0.15) is 11.8 Å². The summed E-state index contributed by atoms with van der Waals surface area (Å²) in [5.74, 6) is 1.24. The van der Waals surface area contributed by atoms with Crippen LogP contribution in [-0.2, 0) is 0 Å². The van der Waals surface area contributed by atoms with E-state index in [1.807, 2.05) is 23.5 Å². The molecule has 1 aliphatic heterocycles. The van der Waals surface area contributed by atoms with Crippen LogP contribution in [0.4, 0.5) is 0 Å². The van der Waals surface area contributed by atoms with Crippen molar-refractivity contribution in [3.8, 4) is 0 Å². The molecule has 0 amide bonds. The average molecular weight is 272 g/mol. The van der Waals surface area contributed by atoms with Gasteiger partial charge in [-0.1, -0.05) is 31.5 Å². The van der Waals surface area contributed by atoms with Gasteiger partial charge in [-0.05, 0) is 31.9 Å². The van der Waals surface area contributed by atoms with Crippen LogP contribution in [0.3, 0.4) is 0 Å². The van der Waals surface area contributed by atoms with E-state index in [9.17, 15) is 0 Å². The summed E-state index contributed by atoms with van der Waals surface area (Å²) >= 11 is 3.92. The minimum Gasteiger partial charge on any atom is -0.362 e. The van der Waals surface area contributed by atoms with Crippen LogP contribution in [0.25, 0.3) is 0 Å². The minimum absolute atomic E-state index is 0.560. The summed E-state index contributed by atoms with van der Waals surface area (Å²) in [7, 11) is 0. The molecule has 0 aromatic rings. The lowest BCUT2D eigenvalue weighted by Gasteiger charge is -2.30. The Hall–Kier alpha value is 0.170. The van der Waals surface area contributed by atoms with Crippen LogP contribution < -0.4 is 5.32 Å². The zero-order chi connectivity index (χ0) is 12.1. The number of hydrogen-bond acceptors (Lipinski definition) is 3. The number of hydrogen-bond donors (Lipinski definition) is 1. The molecule has 17 heavy (non-hydrogen) atoms. The van der Waals surface area contributed by atoms with Gasteiger partial charge in [-0.25, -0.2) is 0 Å². The topological polar surface area (TPSA) is 24.4 Å². The highest BCUT2D eigenvalue weighted by atomic mass is 32.2. The first kappa shape index (κ1) is 13.6. The Morgan fingerprint density at radius 3 is 2.94 bits per heavy atom. The van der Waals surface area contributed by atoms with Crippen molar-refractivity contribution in [3.05, 3.63) is 0 Å². The van der Waals surface area contributed by atoms with Gasteiger partial charge in [0.2, 0.25) is 0 Å². The molecule has 2 nitrogen and oxygen atoms in total. The fourth-order valence-corrected chi connectivity index (χ4v) is 4.59. The number of nitrogens with one attached hydrogen (secondary N) is 1. The van der Waals surface area contributed by atoms with E-state index in [1.165, 1.54) is 49.4 Å². The predicted molar refractivity (Wildman–Crippen MR) is 81.3 cm³/mol. The highest BCUT2D eigenvalue weighted by molar-refractivity contribution is 8.13. The summed E-state index contributed by atoms with van der Waals surface area (Å²) in [6.07, 6.45) is 10.1. The first-order chi connectivity index (χ1) is 8.33. The Labute approximate surface area is 114 Å². The third-order valence-corrected chi connectivity index (χ3v) is 5.87. The molecule has 4 heteroatoms. The third kappa shape index (κ3) is 3.82. The molecule has 0 aromatic carbocycles. The smallest absolute Gasteiger partial charge is 0.157 e. The Bertz CT molecular complexity index is 268. The molecule has 1 N–H and O–H groups in total. The SMILES string of the molecule is CCC1CCSC(=NC2CCCCC2SC)N1. The number of aliphatic imine (C=N–C) groups is 1. The molecule has 3 unspecified atom stereocenters. The van der Waals surface area contributed by atoms with Crippen molar-refractivity contribution in [2.24, 2.45) is 4.99 Å².